The molecule has 3 aliphatic carbocycles. The highest BCUT2D eigenvalue weighted by molar-refractivity contribution is 6.00. The quantitative estimate of drug-likeness (QED) is 0.834. The summed E-state index contributed by atoms with van der Waals surface area (Å²) in [5.74, 6) is 2.02. The van der Waals surface area contributed by atoms with E-state index in [-0.39, 0.29) is 17.9 Å². The number of nitrogens with zero attached hydrogens (tertiary/aromatic N) is 1. The molecule has 1 saturated heterocycles. The fourth-order valence-electron chi connectivity index (χ4n) is 4.91. The van der Waals surface area contributed by atoms with Crippen molar-refractivity contribution in [3.8, 4) is 0 Å². The maximum atomic E-state index is 13.1. The summed E-state index contributed by atoms with van der Waals surface area (Å²) in [4.78, 5) is 27.4. The molecule has 4 nitrogen and oxygen atoms in total. The molecule has 3 saturated carbocycles. The van der Waals surface area contributed by atoms with E-state index in [1.54, 1.807) is 0 Å². The maximum absolute atomic E-state index is 13.1. The molecule has 110 valence electrons. The van der Waals surface area contributed by atoms with Gasteiger partial charge in [0.1, 0.15) is 11.6 Å². The molecule has 0 spiro atoms. The van der Waals surface area contributed by atoms with Gasteiger partial charge in [-0.25, -0.2) is 0 Å². The Labute approximate surface area is 120 Å². The van der Waals surface area contributed by atoms with E-state index in [2.05, 4.69) is 5.32 Å². The first-order valence-electron chi connectivity index (χ1n) is 8.15. The van der Waals surface area contributed by atoms with Gasteiger partial charge in [-0.2, -0.15) is 0 Å². The number of amides is 2. The minimum atomic E-state index is -0.634. The zero-order valence-electron chi connectivity index (χ0n) is 12.4. The molecule has 4 fully saturated rings. The summed E-state index contributed by atoms with van der Waals surface area (Å²) in [5.41, 5.74) is -0.634. The third-order valence-corrected chi connectivity index (χ3v) is 6.31. The number of carbonyl (C=O) groups excluding carboxylic acids is 2. The molecule has 0 aromatic rings. The van der Waals surface area contributed by atoms with Crippen LogP contribution < -0.4 is 5.32 Å². The van der Waals surface area contributed by atoms with Gasteiger partial charge in [-0.1, -0.05) is 6.42 Å². The Morgan fingerprint density at radius 3 is 2.45 bits per heavy atom. The van der Waals surface area contributed by atoms with Crippen molar-refractivity contribution in [1.82, 2.24) is 10.2 Å². The standard InChI is InChI=1S/C16H24N2O2/c1-9-14(19)17-16(2,12-5-6-12)15(20)18(9)13-8-10-3-4-11(13)7-10/h9-13H,3-8H2,1-2H3,(H,17,19). The van der Waals surface area contributed by atoms with E-state index in [4.69, 9.17) is 0 Å². The van der Waals surface area contributed by atoms with Gasteiger partial charge >= 0.3 is 0 Å². The summed E-state index contributed by atoms with van der Waals surface area (Å²) in [5, 5.41) is 3.02. The number of hydrogen-bond acceptors (Lipinski definition) is 2. The highest BCUT2D eigenvalue weighted by Crippen LogP contribution is 2.49. The number of hydrogen-bond donors (Lipinski definition) is 1. The van der Waals surface area contributed by atoms with Crippen molar-refractivity contribution in [2.75, 3.05) is 0 Å². The number of piperazine rings is 1. The Balaban J connectivity index is 1.65. The molecule has 2 amide bonds. The van der Waals surface area contributed by atoms with E-state index >= 15 is 0 Å². The van der Waals surface area contributed by atoms with Crippen LogP contribution in [0.5, 0.6) is 0 Å². The fourth-order valence-corrected chi connectivity index (χ4v) is 4.91. The van der Waals surface area contributed by atoms with Crippen LogP contribution in [0.1, 0.15) is 52.4 Å². The highest BCUT2D eigenvalue weighted by atomic mass is 16.2. The molecule has 4 aliphatic rings. The lowest BCUT2D eigenvalue weighted by Crippen LogP contribution is -2.71. The second-order valence-corrected chi connectivity index (χ2v) is 7.60. The van der Waals surface area contributed by atoms with Crippen molar-refractivity contribution in [3.05, 3.63) is 0 Å². The lowest BCUT2D eigenvalue weighted by atomic mass is 9.85. The summed E-state index contributed by atoms with van der Waals surface area (Å²) in [7, 11) is 0. The van der Waals surface area contributed by atoms with E-state index in [1.807, 2.05) is 18.7 Å². The van der Waals surface area contributed by atoms with Crippen molar-refractivity contribution in [3.63, 3.8) is 0 Å². The number of carbonyl (C=O) groups is 2. The summed E-state index contributed by atoms with van der Waals surface area (Å²) >= 11 is 0. The zero-order chi connectivity index (χ0) is 14.1. The Hall–Kier alpha value is -1.06. The van der Waals surface area contributed by atoms with Gasteiger partial charge in [0, 0.05) is 6.04 Å². The van der Waals surface area contributed by atoms with Crippen LogP contribution in [-0.2, 0) is 9.59 Å². The lowest BCUT2D eigenvalue weighted by Gasteiger charge is -2.48. The number of rotatable bonds is 2. The second-order valence-electron chi connectivity index (χ2n) is 7.60. The Morgan fingerprint density at radius 2 is 1.90 bits per heavy atom. The van der Waals surface area contributed by atoms with Crippen LogP contribution in [0.2, 0.25) is 0 Å². The number of nitrogens with one attached hydrogen (secondary N) is 1. The summed E-state index contributed by atoms with van der Waals surface area (Å²) < 4.78 is 0. The van der Waals surface area contributed by atoms with Crippen LogP contribution in [0.4, 0.5) is 0 Å². The van der Waals surface area contributed by atoms with E-state index in [9.17, 15) is 9.59 Å². The SMILES string of the molecule is CC1C(=O)NC(C)(C2CC2)C(=O)N1C1CC2CCC1C2. The van der Waals surface area contributed by atoms with Gasteiger partial charge in [-0.3, -0.25) is 9.59 Å². The molecule has 4 heteroatoms. The fraction of sp³-hybridized carbons (Fsp3) is 0.875. The third kappa shape index (κ3) is 1.60. The zero-order valence-corrected chi connectivity index (χ0v) is 12.4. The van der Waals surface area contributed by atoms with E-state index < -0.39 is 5.54 Å². The van der Waals surface area contributed by atoms with Gasteiger partial charge in [-0.15, -0.1) is 0 Å². The van der Waals surface area contributed by atoms with Crippen LogP contribution in [0.3, 0.4) is 0 Å². The molecule has 0 aromatic carbocycles. The van der Waals surface area contributed by atoms with Crippen molar-refractivity contribution < 1.29 is 9.59 Å². The van der Waals surface area contributed by atoms with Gasteiger partial charge in [0.2, 0.25) is 11.8 Å². The van der Waals surface area contributed by atoms with Crippen molar-refractivity contribution in [2.24, 2.45) is 17.8 Å². The number of fused-ring (bicyclic) bond motifs is 2. The van der Waals surface area contributed by atoms with E-state index in [0.29, 0.717) is 17.9 Å². The first-order chi connectivity index (χ1) is 9.50. The van der Waals surface area contributed by atoms with E-state index in [1.165, 1.54) is 19.3 Å². The largest absolute Gasteiger partial charge is 0.340 e. The average Bonchev–Trinajstić information content (AvgIpc) is 3.08. The van der Waals surface area contributed by atoms with Crippen LogP contribution in [0.15, 0.2) is 0 Å². The topological polar surface area (TPSA) is 49.4 Å². The first kappa shape index (κ1) is 12.7. The molecular weight excluding hydrogens is 252 g/mol. The predicted molar refractivity (Wildman–Crippen MR) is 74.8 cm³/mol. The van der Waals surface area contributed by atoms with Gasteiger partial charge in [0.05, 0.1) is 0 Å². The van der Waals surface area contributed by atoms with Gasteiger partial charge in [0.25, 0.3) is 0 Å². The molecule has 0 radical (unpaired) electrons. The molecule has 1 heterocycles. The van der Waals surface area contributed by atoms with Crippen LogP contribution in [-0.4, -0.2) is 34.3 Å². The molecule has 1 N–H and O–H groups in total. The molecule has 4 rings (SSSR count). The lowest BCUT2D eigenvalue weighted by molar-refractivity contribution is -0.158. The molecule has 5 unspecified atom stereocenters. The van der Waals surface area contributed by atoms with Gasteiger partial charge in [-0.05, 0) is 63.7 Å². The minimum Gasteiger partial charge on any atom is -0.340 e. The van der Waals surface area contributed by atoms with Crippen molar-refractivity contribution in [2.45, 2.75) is 70.0 Å². The average molecular weight is 276 g/mol. The first-order valence-corrected chi connectivity index (χ1v) is 8.15. The highest BCUT2D eigenvalue weighted by Gasteiger charge is 2.57. The summed E-state index contributed by atoms with van der Waals surface area (Å²) in [6.07, 6.45) is 7.10. The predicted octanol–water partition coefficient (Wildman–Crippen LogP) is 1.69. The maximum Gasteiger partial charge on any atom is 0.249 e. The normalized spacial score (nSPS) is 47.8. The van der Waals surface area contributed by atoms with Crippen molar-refractivity contribution in [1.29, 1.82) is 0 Å². The smallest absolute Gasteiger partial charge is 0.249 e. The van der Waals surface area contributed by atoms with Crippen LogP contribution >= 0.6 is 0 Å². The van der Waals surface area contributed by atoms with E-state index in [0.717, 1.165) is 25.2 Å². The summed E-state index contributed by atoms with van der Waals surface area (Å²) in [6, 6.07) is 0.0269. The van der Waals surface area contributed by atoms with Crippen LogP contribution in [0.25, 0.3) is 0 Å². The molecule has 20 heavy (non-hydrogen) atoms. The molecule has 0 aromatic heterocycles. The molecular formula is C16H24N2O2. The third-order valence-electron chi connectivity index (χ3n) is 6.31. The minimum absolute atomic E-state index is 0.0433. The molecule has 1 aliphatic heterocycles. The van der Waals surface area contributed by atoms with Gasteiger partial charge in [0.15, 0.2) is 0 Å². The summed E-state index contributed by atoms with van der Waals surface area (Å²) in [6.45, 7) is 3.84. The second kappa shape index (κ2) is 3.99. The monoisotopic (exact) mass is 276 g/mol. The van der Waals surface area contributed by atoms with Gasteiger partial charge < -0.3 is 10.2 Å². The molecule has 2 bridgehead atoms. The molecule has 5 atom stereocenters. The van der Waals surface area contributed by atoms with Crippen molar-refractivity contribution >= 4 is 11.8 Å². The Bertz CT molecular complexity index is 473. The van der Waals surface area contributed by atoms with Crippen LogP contribution in [0, 0.1) is 17.8 Å². The Kier molecular flexibility index (Phi) is 2.52. The Morgan fingerprint density at radius 1 is 1.15 bits per heavy atom.